The largest absolute Gasteiger partial charge is 0.457 e. The van der Waals surface area contributed by atoms with Crippen LogP contribution in [0.25, 0.3) is 0 Å². The number of para-hydroxylation sites is 1. The van der Waals surface area contributed by atoms with Crippen molar-refractivity contribution in [3.8, 4) is 11.5 Å². The van der Waals surface area contributed by atoms with Gasteiger partial charge in [0.25, 0.3) is 0 Å². The van der Waals surface area contributed by atoms with Gasteiger partial charge >= 0.3 is 0 Å². The van der Waals surface area contributed by atoms with Gasteiger partial charge in [0.15, 0.2) is 0 Å². The lowest BCUT2D eigenvalue weighted by atomic mass is 10.2. The minimum atomic E-state index is -0.359. The third-order valence-electron chi connectivity index (χ3n) is 2.30. The first-order valence-corrected chi connectivity index (χ1v) is 5.93. The summed E-state index contributed by atoms with van der Waals surface area (Å²) in [6, 6.07) is 11.3. The van der Waals surface area contributed by atoms with Gasteiger partial charge < -0.3 is 10.5 Å². The molecule has 2 aromatic rings. The van der Waals surface area contributed by atoms with Gasteiger partial charge in [-0.25, -0.2) is 4.39 Å². The molecule has 0 fully saturated rings. The van der Waals surface area contributed by atoms with Crippen LogP contribution in [0.2, 0.25) is 0 Å². The second kappa shape index (κ2) is 5.18. The van der Waals surface area contributed by atoms with Crippen LogP contribution >= 0.6 is 15.9 Å². The summed E-state index contributed by atoms with van der Waals surface area (Å²) >= 11 is 3.08. The van der Waals surface area contributed by atoms with Crippen molar-refractivity contribution in [2.24, 2.45) is 5.73 Å². The fourth-order valence-corrected chi connectivity index (χ4v) is 1.80. The molecule has 3 nitrogen and oxygen atoms in total. The van der Waals surface area contributed by atoms with Gasteiger partial charge in [-0.15, -0.1) is 0 Å². The average Bonchev–Trinajstić information content (AvgIpc) is 2.34. The first-order valence-electron chi connectivity index (χ1n) is 5.14. The first kappa shape index (κ1) is 12.6. The normalized spacial score (nSPS) is 10.1. The van der Waals surface area contributed by atoms with Crippen LogP contribution in [-0.2, 0) is 0 Å². The number of amidine groups is 1. The lowest BCUT2D eigenvalue weighted by Crippen LogP contribution is -2.12. The Morgan fingerprint density at radius 2 is 1.94 bits per heavy atom. The molecule has 0 saturated heterocycles. The number of halogens is 2. The summed E-state index contributed by atoms with van der Waals surface area (Å²) in [5.41, 5.74) is 5.95. The lowest BCUT2D eigenvalue weighted by Gasteiger charge is -2.10. The molecule has 0 atom stereocenters. The highest BCUT2D eigenvalue weighted by atomic mass is 79.9. The highest BCUT2D eigenvalue weighted by Gasteiger charge is 2.08. The van der Waals surface area contributed by atoms with Crippen LogP contribution in [0, 0.1) is 11.2 Å². The Balaban J connectivity index is 2.34. The molecule has 0 spiro atoms. The Morgan fingerprint density at radius 1 is 1.22 bits per heavy atom. The molecule has 2 aromatic carbocycles. The van der Waals surface area contributed by atoms with Crippen LogP contribution in [0.1, 0.15) is 5.56 Å². The van der Waals surface area contributed by atoms with Gasteiger partial charge in [-0.2, -0.15) is 0 Å². The first-order chi connectivity index (χ1) is 8.58. The number of nitrogen functional groups attached to an aromatic ring is 1. The molecule has 5 heteroatoms. The SMILES string of the molecule is N=C(N)c1ccccc1Oc1ccc(F)c(Br)c1. The molecule has 0 unspecified atom stereocenters. The Hall–Kier alpha value is -1.88. The fraction of sp³-hybridized carbons (Fsp3) is 0. The van der Waals surface area contributed by atoms with Crippen LogP contribution in [0.3, 0.4) is 0 Å². The molecule has 92 valence electrons. The van der Waals surface area contributed by atoms with E-state index in [1.54, 1.807) is 24.3 Å². The van der Waals surface area contributed by atoms with Gasteiger partial charge in [0.1, 0.15) is 23.2 Å². The van der Waals surface area contributed by atoms with Crippen molar-refractivity contribution >= 4 is 21.8 Å². The van der Waals surface area contributed by atoms with E-state index in [9.17, 15) is 4.39 Å². The van der Waals surface area contributed by atoms with Crippen molar-refractivity contribution in [2.75, 3.05) is 0 Å². The van der Waals surface area contributed by atoms with Gasteiger partial charge in [0.05, 0.1) is 10.0 Å². The molecule has 3 N–H and O–H groups in total. The third kappa shape index (κ3) is 2.68. The zero-order valence-corrected chi connectivity index (χ0v) is 10.9. The van der Waals surface area contributed by atoms with E-state index in [-0.39, 0.29) is 11.7 Å². The highest BCUT2D eigenvalue weighted by Crippen LogP contribution is 2.28. The summed E-state index contributed by atoms with van der Waals surface area (Å²) in [7, 11) is 0. The molecule has 0 aliphatic carbocycles. The van der Waals surface area contributed by atoms with Gasteiger partial charge in [-0.3, -0.25) is 5.41 Å². The van der Waals surface area contributed by atoms with E-state index in [1.165, 1.54) is 18.2 Å². The Morgan fingerprint density at radius 3 is 2.61 bits per heavy atom. The van der Waals surface area contributed by atoms with Crippen molar-refractivity contribution in [2.45, 2.75) is 0 Å². The van der Waals surface area contributed by atoms with Crippen LogP contribution in [0.15, 0.2) is 46.9 Å². The van der Waals surface area contributed by atoms with E-state index >= 15 is 0 Å². The van der Waals surface area contributed by atoms with Crippen molar-refractivity contribution in [1.82, 2.24) is 0 Å². The number of nitrogens with one attached hydrogen (secondary N) is 1. The molecule has 0 aromatic heterocycles. The van der Waals surface area contributed by atoms with E-state index < -0.39 is 0 Å². The van der Waals surface area contributed by atoms with Gasteiger partial charge in [0, 0.05) is 0 Å². The van der Waals surface area contributed by atoms with E-state index in [0.717, 1.165) is 0 Å². The summed E-state index contributed by atoms with van der Waals surface area (Å²) in [6.07, 6.45) is 0. The minimum absolute atomic E-state index is 0.0771. The quantitative estimate of drug-likeness (QED) is 0.671. The number of rotatable bonds is 3. The van der Waals surface area contributed by atoms with Crippen molar-refractivity contribution in [3.63, 3.8) is 0 Å². The monoisotopic (exact) mass is 308 g/mol. The van der Waals surface area contributed by atoms with E-state index in [0.29, 0.717) is 21.5 Å². The smallest absolute Gasteiger partial charge is 0.138 e. The Bertz CT molecular complexity index is 601. The Labute approximate surface area is 112 Å². The summed E-state index contributed by atoms with van der Waals surface area (Å²) in [5, 5.41) is 7.45. The van der Waals surface area contributed by atoms with Gasteiger partial charge in [0.2, 0.25) is 0 Å². The zero-order chi connectivity index (χ0) is 13.1. The van der Waals surface area contributed by atoms with Crippen LogP contribution < -0.4 is 10.5 Å². The van der Waals surface area contributed by atoms with Crippen molar-refractivity contribution in [3.05, 3.63) is 58.3 Å². The van der Waals surface area contributed by atoms with Crippen molar-refractivity contribution < 1.29 is 9.13 Å². The van der Waals surface area contributed by atoms with E-state index in [2.05, 4.69) is 15.9 Å². The molecule has 2 rings (SSSR count). The predicted octanol–water partition coefficient (Wildman–Crippen LogP) is 3.66. The molecular formula is C13H10BrFN2O. The second-order valence-electron chi connectivity index (χ2n) is 3.59. The van der Waals surface area contributed by atoms with Gasteiger partial charge in [-0.05, 0) is 46.3 Å². The summed E-state index contributed by atoms with van der Waals surface area (Å²) in [5.74, 6) is 0.495. The number of ether oxygens (including phenoxy) is 1. The summed E-state index contributed by atoms with van der Waals surface area (Å²) in [6.45, 7) is 0. The van der Waals surface area contributed by atoms with Gasteiger partial charge in [-0.1, -0.05) is 12.1 Å². The zero-order valence-electron chi connectivity index (χ0n) is 9.28. The fourth-order valence-electron chi connectivity index (χ4n) is 1.45. The molecule has 0 bridgehead atoms. The van der Waals surface area contributed by atoms with Crippen LogP contribution in [0.5, 0.6) is 11.5 Å². The summed E-state index contributed by atoms with van der Waals surface area (Å²) in [4.78, 5) is 0. The lowest BCUT2D eigenvalue weighted by molar-refractivity contribution is 0.478. The highest BCUT2D eigenvalue weighted by molar-refractivity contribution is 9.10. The average molecular weight is 309 g/mol. The maximum Gasteiger partial charge on any atom is 0.138 e. The van der Waals surface area contributed by atoms with Crippen molar-refractivity contribution in [1.29, 1.82) is 5.41 Å². The molecule has 0 heterocycles. The third-order valence-corrected chi connectivity index (χ3v) is 2.90. The van der Waals surface area contributed by atoms with E-state index in [1.807, 2.05) is 0 Å². The molecular weight excluding hydrogens is 299 g/mol. The standard InChI is InChI=1S/C13H10BrFN2O/c14-10-7-8(5-6-11(10)15)18-12-4-2-1-3-9(12)13(16)17/h1-7H,(H3,16,17). The number of benzene rings is 2. The number of hydrogen-bond donors (Lipinski definition) is 2. The Kier molecular flexibility index (Phi) is 3.62. The molecule has 0 aliphatic heterocycles. The number of hydrogen-bond acceptors (Lipinski definition) is 2. The molecule has 0 aliphatic rings. The molecule has 0 saturated carbocycles. The maximum absolute atomic E-state index is 13.1. The topological polar surface area (TPSA) is 59.1 Å². The molecule has 0 amide bonds. The predicted molar refractivity (Wildman–Crippen MR) is 71.6 cm³/mol. The second-order valence-corrected chi connectivity index (χ2v) is 4.44. The summed E-state index contributed by atoms with van der Waals surface area (Å²) < 4.78 is 19.0. The molecule has 18 heavy (non-hydrogen) atoms. The number of nitrogens with two attached hydrogens (primary N) is 1. The maximum atomic E-state index is 13.1. The van der Waals surface area contributed by atoms with Crippen LogP contribution in [0.4, 0.5) is 4.39 Å². The minimum Gasteiger partial charge on any atom is -0.457 e. The van der Waals surface area contributed by atoms with Crippen LogP contribution in [-0.4, -0.2) is 5.84 Å². The molecule has 0 radical (unpaired) electrons. The van der Waals surface area contributed by atoms with E-state index in [4.69, 9.17) is 15.9 Å².